The Morgan fingerprint density at radius 2 is 1.76 bits per heavy atom. The van der Waals surface area contributed by atoms with Crippen LogP contribution in [0.25, 0.3) is 0 Å². The molecular weight excluding hydrogens is 298 g/mol. The first-order chi connectivity index (χ1) is 9.60. The summed E-state index contributed by atoms with van der Waals surface area (Å²) in [4.78, 5) is -0.388. The third kappa shape index (κ3) is 4.64. The molecule has 1 aromatic rings. The smallest absolute Gasteiger partial charge is 0.341 e. The first-order valence-corrected chi connectivity index (χ1v) is 8.26. The fraction of sp³-hybridized carbons (Fsp3) is 0.571. The number of hydrogen-bond acceptors (Lipinski definition) is 4. The van der Waals surface area contributed by atoms with Crippen molar-refractivity contribution in [1.29, 1.82) is 0 Å². The molecule has 4 nitrogen and oxygen atoms in total. The third-order valence-electron chi connectivity index (χ3n) is 3.17. The van der Waals surface area contributed by atoms with Gasteiger partial charge < -0.3 is 11.1 Å². The lowest BCUT2D eigenvalue weighted by atomic mass is 9.90. The lowest BCUT2D eigenvalue weighted by Crippen LogP contribution is -2.43. The van der Waals surface area contributed by atoms with E-state index in [1.165, 1.54) is 24.3 Å². The number of halogens is 2. The average molecular weight is 320 g/mol. The molecule has 1 atom stereocenters. The van der Waals surface area contributed by atoms with Crippen molar-refractivity contribution in [3.8, 4) is 0 Å². The highest BCUT2D eigenvalue weighted by molar-refractivity contribution is 7.91. The Balaban J connectivity index is 2.93. The van der Waals surface area contributed by atoms with Crippen LogP contribution in [0.3, 0.4) is 0 Å². The molecule has 3 N–H and O–H groups in total. The summed E-state index contributed by atoms with van der Waals surface area (Å²) in [5.74, 6) is -2.98. The minimum Gasteiger partial charge on any atom is -0.379 e. The summed E-state index contributed by atoms with van der Waals surface area (Å²) >= 11 is 0. The van der Waals surface area contributed by atoms with Gasteiger partial charge in [-0.15, -0.1) is 0 Å². The molecule has 0 bridgehead atoms. The van der Waals surface area contributed by atoms with Crippen molar-refractivity contribution in [2.24, 2.45) is 11.7 Å². The molecule has 1 unspecified atom stereocenters. The molecule has 0 radical (unpaired) electrons. The maximum Gasteiger partial charge on any atom is 0.341 e. The number of nitrogens with one attached hydrogen (secondary N) is 1. The van der Waals surface area contributed by atoms with Crippen LogP contribution in [0.1, 0.15) is 27.2 Å². The number of sulfone groups is 1. The van der Waals surface area contributed by atoms with Crippen molar-refractivity contribution in [3.63, 3.8) is 0 Å². The van der Waals surface area contributed by atoms with Gasteiger partial charge in [0.25, 0.3) is 0 Å². The van der Waals surface area contributed by atoms with Crippen molar-refractivity contribution in [3.05, 3.63) is 24.3 Å². The number of nitrogens with two attached hydrogens (primary N) is 1. The maximum atomic E-state index is 12.4. The van der Waals surface area contributed by atoms with Crippen LogP contribution in [0.5, 0.6) is 0 Å². The molecule has 120 valence electrons. The molecule has 1 rings (SSSR count). The van der Waals surface area contributed by atoms with Gasteiger partial charge in [0.2, 0.25) is 9.84 Å². The van der Waals surface area contributed by atoms with Crippen LogP contribution in [-0.4, -0.2) is 26.3 Å². The lowest BCUT2D eigenvalue weighted by molar-refractivity contribution is 0.234. The fourth-order valence-electron chi connectivity index (χ4n) is 2.27. The molecular formula is C14H22F2N2O2S. The monoisotopic (exact) mass is 320 g/mol. The van der Waals surface area contributed by atoms with E-state index in [0.29, 0.717) is 18.2 Å². The molecule has 0 aliphatic rings. The van der Waals surface area contributed by atoms with Crippen LogP contribution in [0.4, 0.5) is 14.5 Å². The zero-order valence-electron chi connectivity index (χ0n) is 12.4. The van der Waals surface area contributed by atoms with Gasteiger partial charge >= 0.3 is 5.76 Å². The first-order valence-electron chi connectivity index (χ1n) is 6.71. The summed E-state index contributed by atoms with van der Waals surface area (Å²) in [5.41, 5.74) is 6.10. The molecule has 0 heterocycles. The van der Waals surface area contributed by atoms with Gasteiger partial charge in [0.1, 0.15) is 0 Å². The number of rotatable bonds is 7. The van der Waals surface area contributed by atoms with Crippen molar-refractivity contribution in [1.82, 2.24) is 0 Å². The Morgan fingerprint density at radius 3 is 2.14 bits per heavy atom. The molecule has 21 heavy (non-hydrogen) atoms. The maximum absolute atomic E-state index is 12.4. The summed E-state index contributed by atoms with van der Waals surface area (Å²) in [6, 6.07) is 5.30. The molecule has 0 aromatic heterocycles. The number of anilines is 1. The molecule has 0 saturated carbocycles. The second kappa shape index (κ2) is 6.70. The van der Waals surface area contributed by atoms with Gasteiger partial charge in [-0.25, -0.2) is 8.42 Å². The number of hydrogen-bond donors (Lipinski definition) is 2. The first kappa shape index (κ1) is 17.8. The van der Waals surface area contributed by atoms with Gasteiger partial charge in [0.05, 0.1) is 4.90 Å². The second-order valence-corrected chi connectivity index (χ2v) is 7.74. The predicted octanol–water partition coefficient (Wildman–Crippen LogP) is 2.86. The van der Waals surface area contributed by atoms with Gasteiger partial charge in [-0.3, -0.25) is 0 Å². The van der Waals surface area contributed by atoms with E-state index in [2.05, 4.69) is 19.2 Å². The molecule has 7 heteroatoms. The summed E-state index contributed by atoms with van der Waals surface area (Å²) < 4.78 is 47.6. The number of benzene rings is 1. The molecule has 1 aromatic carbocycles. The predicted molar refractivity (Wildman–Crippen MR) is 80.2 cm³/mol. The van der Waals surface area contributed by atoms with E-state index in [4.69, 9.17) is 5.73 Å². The van der Waals surface area contributed by atoms with Crippen LogP contribution in [-0.2, 0) is 9.84 Å². The fourth-order valence-corrected chi connectivity index (χ4v) is 2.99. The van der Waals surface area contributed by atoms with E-state index in [1.807, 2.05) is 6.92 Å². The van der Waals surface area contributed by atoms with Crippen molar-refractivity contribution >= 4 is 15.5 Å². The molecule has 0 aliphatic heterocycles. The van der Waals surface area contributed by atoms with Crippen LogP contribution in [0, 0.1) is 5.92 Å². The number of alkyl halides is 2. The Bertz CT molecular complexity index is 559. The van der Waals surface area contributed by atoms with Gasteiger partial charge in [0.15, 0.2) is 0 Å². The van der Waals surface area contributed by atoms with E-state index >= 15 is 0 Å². The van der Waals surface area contributed by atoms with E-state index < -0.39 is 15.6 Å². The summed E-state index contributed by atoms with van der Waals surface area (Å²) in [6.07, 6.45) is 0.834. The average Bonchev–Trinajstić information content (AvgIpc) is 2.38. The lowest BCUT2D eigenvalue weighted by Gasteiger charge is -2.32. The van der Waals surface area contributed by atoms with Crippen LogP contribution in [0.2, 0.25) is 0 Å². The molecule has 0 amide bonds. The minimum absolute atomic E-state index is 0.336. The molecule has 0 aliphatic carbocycles. The van der Waals surface area contributed by atoms with Crippen LogP contribution in [0.15, 0.2) is 29.2 Å². The van der Waals surface area contributed by atoms with E-state index in [0.717, 1.165) is 6.42 Å². The van der Waals surface area contributed by atoms with E-state index in [-0.39, 0.29) is 10.4 Å². The SMILES string of the molecule is CC(C)CC(C)(CN)Nc1ccc(S(=O)(=O)C(F)F)cc1. The summed E-state index contributed by atoms with van der Waals surface area (Å²) in [5, 5.41) is 3.24. The highest BCUT2D eigenvalue weighted by Gasteiger charge is 2.27. The summed E-state index contributed by atoms with van der Waals surface area (Å²) in [7, 11) is -4.55. The van der Waals surface area contributed by atoms with Gasteiger partial charge in [0, 0.05) is 17.8 Å². The summed E-state index contributed by atoms with van der Waals surface area (Å²) in [6.45, 7) is 6.53. The molecule has 0 saturated heterocycles. The Labute approximate surface area is 124 Å². The van der Waals surface area contributed by atoms with E-state index in [1.54, 1.807) is 0 Å². The van der Waals surface area contributed by atoms with E-state index in [9.17, 15) is 17.2 Å². The standard InChI is InChI=1S/C14H22F2N2O2S/c1-10(2)8-14(3,9-17)18-11-4-6-12(7-5-11)21(19,20)13(15)16/h4-7,10,13,18H,8-9,17H2,1-3H3. The zero-order valence-corrected chi connectivity index (χ0v) is 13.3. The highest BCUT2D eigenvalue weighted by atomic mass is 32.2. The minimum atomic E-state index is -4.55. The Morgan fingerprint density at radius 1 is 1.24 bits per heavy atom. The highest BCUT2D eigenvalue weighted by Crippen LogP contribution is 2.24. The van der Waals surface area contributed by atoms with Gasteiger partial charge in [-0.05, 0) is 43.5 Å². The Kier molecular flexibility index (Phi) is 5.69. The molecule has 0 spiro atoms. The van der Waals surface area contributed by atoms with Crippen LogP contribution >= 0.6 is 0 Å². The third-order valence-corrected chi connectivity index (χ3v) is 4.57. The van der Waals surface area contributed by atoms with Gasteiger partial charge in [-0.1, -0.05) is 13.8 Å². The quantitative estimate of drug-likeness (QED) is 0.810. The van der Waals surface area contributed by atoms with Gasteiger partial charge in [-0.2, -0.15) is 8.78 Å². The molecule has 0 fully saturated rings. The zero-order chi connectivity index (χ0) is 16.3. The Hall–Kier alpha value is -1.21. The normalized spacial score (nSPS) is 15.2. The second-order valence-electron chi connectivity index (χ2n) is 5.82. The van der Waals surface area contributed by atoms with Crippen molar-refractivity contribution < 1.29 is 17.2 Å². The van der Waals surface area contributed by atoms with Crippen molar-refractivity contribution in [2.75, 3.05) is 11.9 Å². The topological polar surface area (TPSA) is 72.2 Å². The largest absolute Gasteiger partial charge is 0.379 e. The van der Waals surface area contributed by atoms with Crippen molar-refractivity contribution in [2.45, 2.75) is 43.4 Å². The van der Waals surface area contributed by atoms with Crippen LogP contribution < -0.4 is 11.1 Å².